The zero-order chi connectivity index (χ0) is 37.6. The highest BCUT2D eigenvalue weighted by Crippen LogP contribution is 2.47. The SMILES string of the molecule is CNC(C)(c1ccccc1)c1ccc(-c2ccc3sc4ccccc4c3c2-c2cccc(C(c3ccc4ccccc4c3)c3cccc4ccccc34)c2)cc1. The number of fused-ring (bicyclic) bond motifs is 5. The van der Waals surface area contributed by atoms with Crippen molar-refractivity contribution in [3.8, 4) is 22.3 Å². The fraction of sp³-hybridized carbons (Fsp3) is 0.0741. The van der Waals surface area contributed by atoms with E-state index in [1.165, 1.54) is 91.8 Å². The van der Waals surface area contributed by atoms with Gasteiger partial charge >= 0.3 is 0 Å². The van der Waals surface area contributed by atoms with Gasteiger partial charge in [-0.05, 0) is 97.7 Å². The maximum Gasteiger partial charge on any atom is 0.0659 e. The standard InChI is InChI=1S/C54H41NS/c1-54(55-2,43-20-4-3-5-21-43)44-30-28-38(29-31-44)46-32-33-50-53(48-23-10-11-25-49(48)56-50)52(46)41-19-12-18-40(35-41)51(42-27-26-36-14-6-7-16-39(36)34-42)47-24-13-17-37-15-8-9-22-45(37)47/h3-35,51,55H,1-2H3. The Hall–Kier alpha value is -6.32. The number of hydrogen-bond donors (Lipinski definition) is 1. The van der Waals surface area contributed by atoms with Crippen LogP contribution in [0.1, 0.15) is 40.7 Å². The molecular weight excluding hydrogens is 695 g/mol. The van der Waals surface area contributed by atoms with Crippen molar-refractivity contribution in [3.63, 3.8) is 0 Å². The Morgan fingerprint density at radius 2 is 1.12 bits per heavy atom. The van der Waals surface area contributed by atoms with E-state index in [1.807, 2.05) is 18.4 Å². The minimum atomic E-state index is -0.316. The summed E-state index contributed by atoms with van der Waals surface area (Å²) < 4.78 is 2.61. The van der Waals surface area contributed by atoms with Gasteiger partial charge in [-0.1, -0.05) is 188 Å². The molecule has 1 N–H and O–H groups in total. The molecule has 0 radical (unpaired) electrons. The van der Waals surface area contributed by atoms with Crippen LogP contribution in [0.5, 0.6) is 0 Å². The van der Waals surface area contributed by atoms with Crippen molar-refractivity contribution < 1.29 is 0 Å². The first kappa shape index (κ1) is 34.2. The third-order valence-electron chi connectivity index (χ3n) is 11.9. The van der Waals surface area contributed by atoms with Gasteiger partial charge in [0.15, 0.2) is 0 Å². The van der Waals surface area contributed by atoms with Crippen molar-refractivity contribution in [3.05, 3.63) is 228 Å². The molecule has 1 aromatic heterocycles. The summed E-state index contributed by atoms with van der Waals surface area (Å²) in [7, 11) is 2.05. The lowest BCUT2D eigenvalue weighted by Gasteiger charge is -2.31. The Balaban J connectivity index is 1.19. The van der Waals surface area contributed by atoms with E-state index in [9.17, 15) is 0 Å². The van der Waals surface area contributed by atoms with Gasteiger partial charge in [0, 0.05) is 26.1 Å². The number of thiophene rings is 1. The van der Waals surface area contributed by atoms with Crippen LogP contribution < -0.4 is 5.32 Å². The zero-order valence-corrected chi connectivity index (χ0v) is 32.4. The molecule has 0 spiro atoms. The zero-order valence-electron chi connectivity index (χ0n) is 31.5. The molecule has 10 rings (SSSR count). The van der Waals surface area contributed by atoms with Gasteiger partial charge < -0.3 is 5.32 Å². The molecular formula is C54H41NS. The average molecular weight is 736 g/mol. The Labute approximate surface area is 332 Å². The molecule has 10 aromatic rings. The average Bonchev–Trinajstić information content (AvgIpc) is 3.65. The van der Waals surface area contributed by atoms with Gasteiger partial charge in [0.1, 0.15) is 0 Å². The topological polar surface area (TPSA) is 12.0 Å². The van der Waals surface area contributed by atoms with E-state index >= 15 is 0 Å². The molecule has 0 saturated heterocycles. The molecule has 1 heterocycles. The number of rotatable bonds is 8. The first-order chi connectivity index (χ1) is 27.6. The van der Waals surface area contributed by atoms with E-state index < -0.39 is 0 Å². The van der Waals surface area contributed by atoms with Gasteiger partial charge in [-0.3, -0.25) is 0 Å². The smallest absolute Gasteiger partial charge is 0.0659 e. The lowest BCUT2D eigenvalue weighted by molar-refractivity contribution is 0.485. The fourth-order valence-corrected chi connectivity index (χ4v) is 10.00. The monoisotopic (exact) mass is 735 g/mol. The van der Waals surface area contributed by atoms with E-state index in [4.69, 9.17) is 0 Å². The first-order valence-electron chi connectivity index (χ1n) is 19.5. The van der Waals surface area contributed by atoms with Crippen LogP contribution in [-0.2, 0) is 5.54 Å². The minimum Gasteiger partial charge on any atom is -0.307 e. The summed E-state index contributed by atoms with van der Waals surface area (Å²) in [4.78, 5) is 0. The number of benzene rings is 9. The highest BCUT2D eigenvalue weighted by molar-refractivity contribution is 7.26. The fourth-order valence-electron chi connectivity index (χ4n) is 8.88. The van der Waals surface area contributed by atoms with E-state index in [-0.39, 0.29) is 11.5 Å². The summed E-state index contributed by atoms with van der Waals surface area (Å²) in [6, 6.07) is 74.1. The molecule has 2 unspecified atom stereocenters. The highest BCUT2D eigenvalue weighted by atomic mass is 32.1. The van der Waals surface area contributed by atoms with Crippen LogP contribution in [0.25, 0.3) is 64.0 Å². The second-order valence-electron chi connectivity index (χ2n) is 15.0. The molecule has 0 aliphatic heterocycles. The maximum absolute atomic E-state index is 3.61. The first-order valence-corrected chi connectivity index (χ1v) is 20.3. The molecule has 268 valence electrons. The van der Waals surface area contributed by atoms with Crippen LogP contribution in [0.4, 0.5) is 0 Å². The Morgan fingerprint density at radius 3 is 1.95 bits per heavy atom. The summed E-state index contributed by atoms with van der Waals surface area (Å²) >= 11 is 1.88. The van der Waals surface area contributed by atoms with Crippen molar-refractivity contribution in [2.75, 3.05) is 7.05 Å². The van der Waals surface area contributed by atoms with Crippen molar-refractivity contribution in [2.24, 2.45) is 0 Å². The third-order valence-corrected chi connectivity index (χ3v) is 13.1. The Morgan fingerprint density at radius 1 is 0.464 bits per heavy atom. The summed E-state index contributed by atoms with van der Waals surface area (Å²) in [6.07, 6.45) is 0. The van der Waals surface area contributed by atoms with Gasteiger partial charge in [-0.25, -0.2) is 0 Å². The molecule has 0 aliphatic rings. The molecule has 0 fully saturated rings. The molecule has 9 aromatic carbocycles. The van der Waals surface area contributed by atoms with Crippen LogP contribution in [0.2, 0.25) is 0 Å². The van der Waals surface area contributed by atoms with E-state index in [0.29, 0.717) is 0 Å². The summed E-state index contributed by atoms with van der Waals surface area (Å²) in [6.45, 7) is 2.26. The van der Waals surface area contributed by atoms with Gasteiger partial charge in [0.25, 0.3) is 0 Å². The van der Waals surface area contributed by atoms with Crippen molar-refractivity contribution in [2.45, 2.75) is 18.4 Å². The van der Waals surface area contributed by atoms with Gasteiger partial charge in [0.05, 0.1) is 5.54 Å². The molecule has 0 saturated carbocycles. The maximum atomic E-state index is 3.61. The molecule has 1 nitrogen and oxygen atoms in total. The van der Waals surface area contributed by atoms with Crippen LogP contribution in [0.15, 0.2) is 200 Å². The van der Waals surface area contributed by atoms with E-state index in [1.54, 1.807) is 0 Å². The largest absolute Gasteiger partial charge is 0.307 e. The van der Waals surface area contributed by atoms with Crippen molar-refractivity contribution in [1.29, 1.82) is 0 Å². The molecule has 0 amide bonds. The molecule has 0 aliphatic carbocycles. The van der Waals surface area contributed by atoms with Crippen molar-refractivity contribution >= 4 is 53.1 Å². The minimum absolute atomic E-state index is 0.0315. The predicted octanol–water partition coefficient (Wildman–Crippen LogP) is 14.4. The van der Waals surface area contributed by atoms with E-state index in [0.717, 1.165) is 0 Å². The second-order valence-corrected chi connectivity index (χ2v) is 16.1. The number of hydrogen-bond acceptors (Lipinski definition) is 2. The summed E-state index contributed by atoms with van der Waals surface area (Å²) in [5.41, 5.74) is 11.0. The van der Waals surface area contributed by atoms with Crippen molar-refractivity contribution in [1.82, 2.24) is 5.32 Å². The molecule has 2 atom stereocenters. The molecule has 2 heteroatoms. The van der Waals surface area contributed by atoms with Gasteiger partial charge in [0.2, 0.25) is 0 Å². The van der Waals surface area contributed by atoms with Gasteiger partial charge in [-0.15, -0.1) is 11.3 Å². The van der Waals surface area contributed by atoms with Crippen LogP contribution in [0.3, 0.4) is 0 Å². The quantitative estimate of drug-likeness (QED) is 0.153. The van der Waals surface area contributed by atoms with Crippen LogP contribution in [-0.4, -0.2) is 7.05 Å². The van der Waals surface area contributed by atoms with Crippen LogP contribution >= 0.6 is 11.3 Å². The number of nitrogens with one attached hydrogen (secondary N) is 1. The van der Waals surface area contributed by atoms with Crippen LogP contribution in [0, 0.1) is 0 Å². The van der Waals surface area contributed by atoms with Gasteiger partial charge in [-0.2, -0.15) is 0 Å². The predicted molar refractivity (Wildman–Crippen MR) is 241 cm³/mol. The summed E-state index contributed by atoms with van der Waals surface area (Å²) in [5, 5.41) is 11.3. The normalized spacial score (nSPS) is 13.3. The second kappa shape index (κ2) is 14.1. The summed E-state index contributed by atoms with van der Waals surface area (Å²) in [5.74, 6) is 0.0315. The lowest BCUT2D eigenvalue weighted by atomic mass is 9.80. The lowest BCUT2D eigenvalue weighted by Crippen LogP contribution is -2.37. The molecule has 0 bridgehead atoms. The van der Waals surface area contributed by atoms with E-state index in [2.05, 4.69) is 212 Å². The highest BCUT2D eigenvalue weighted by Gasteiger charge is 2.27. The Bertz CT molecular complexity index is 3020. The Kier molecular flexibility index (Phi) is 8.59. The third kappa shape index (κ3) is 5.81. The molecule has 56 heavy (non-hydrogen) atoms.